The largest absolute Gasteiger partial charge is 0.411 e. The van der Waals surface area contributed by atoms with Gasteiger partial charge >= 0.3 is 0 Å². The number of hydrogen-bond acceptors (Lipinski definition) is 2. The first-order valence-corrected chi connectivity index (χ1v) is 6.11. The molecule has 0 aliphatic carbocycles. The smallest absolute Gasteiger partial charge is 0.0818 e. The lowest BCUT2D eigenvalue weighted by Gasteiger charge is -2.05. The molecule has 18 heavy (non-hydrogen) atoms. The zero-order valence-electron chi connectivity index (χ0n) is 10.1. The first-order valence-electron chi connectivity index (χ1n) is 5.35. The molecule has 0 aliphatic rings. The molecule has 0 saturated heterocycles. The third-order valence-electron chi connectivity index (χ3n) is 2.48. The molecule has 2 nitrogen and oxygen atoms in total. The van der Waals surface area contributed by atoms with Crippen molar-refractivity contribution in [3.8, 4) is 0 Å². The van der Waals surface area contributed by atoms with Crippen LogP contribution in [0.5, 0.6) is 0 Å². The third kappa shape index (κ3) is 5.30. The highest BCUT2D eigenvalue weighted by Gasteiger charge is 2.03. The van der Waals surface area contributed by atoms with Crippen LogP contribution >= 0.6 is 35.6 Å². The summed E-state index contributed by atoms with van der Waals surface area (Å²) in [6.45, 7) is 5.58. The standard InChI is InChI=1S/C13H15Cl2NO.ClH/c1-9(2)13(16-17)5-3-4-10-6-7-11(14)12(15)8-10;/h6-8,17H,1,3-5H2,2H3;1H. The molecule has 1 aromatic rings. The minimum absolute atomic E-state index is 0. The van der Waals surface area contributed by atoms with Crippen LogP contribution in [-0.2, 0) is 6.42 Å². The van der Waals surface area contributed by atoms with Crippen LogP contribution in [0.15, 0.2) is 35.5 Å². The van der Waals surface area contributed by atoms with Gasteiger partial charge in [-0.2, -0.15) is 0 Å². The Morgan fingerprint density at radius 2 is 2.00 bits per heavy atom. The summed E-state index contributed by atoms with van der Waals surface area (Å²) in [5.74, 6) is 0. The number of rotatable bonds is 5. The molecule has 1 rings (SSSR count). The van der Waals surface area contributed by atoms with Crippen molar-refractivity contribution in [1.82, 2.24) is 0 Å². The molecule has 0 spiro atoms. The van der Waals surface area contributed by atoms with Crippen LogP contribution in [0.3, 0.4) is 0 Å². The molecule has 0 fully saturated rings. The molecule has 0 amide bonds. The van der Waals surface area contributed by atoms with Gasteiger partial charge in [0.2, 0.25) is 0 Å². The van der Waals surface area contributed by atoms with E-state index in [0.29, 0.717) is 22.2 Å². The zero-order valence-corrected chi connectivity index (χ0v) is 12.4. The van der Waals surface area contributed by atoms with Crippen molar-refractivity contribution in [1.29, 1.82) is 0 Å². The van der Waals surface area contributed by atoms with Gasteiger partial charge < -0.3 is 5.21 Å². The van der Waals surface area contributed by atoms with Gasteiger partial charge in [0.15, 0.2) is 0 Å². The minimum atomic E-state index is 0. The molecule has 0 atom stereocenters. The monoisotopic (exact) mass is 307 g/mol. The summed E-state index contributed by atoms with van der Waals surface area (Å²) in [6, 6.07) is 5.60. The van der Waals surface area contributed by atoms with Crippen molar-refractivity contribution in [2.24, 2.45) is 5.16 Å². The predicted octanol–water partition coefficient (Wildman–Crippen LogP) is 5.14. The van der Waals surface area contributed by atoms with E-state index >= 15 is 0 Å². The summed E-state index contributed by atoms with van der Waals surface area (Å²) in [7, 11) is 0. The summed E-state index contributed by atoms with van der Waals surface area (Å²) < 4.78 is 0. The van der Waals surface area contributed by atoms with Crippen LogP contribution in [0.1, 0.15) is 25.3 Å². The van der Waals surface area contributed by atoms with Crippen LogP contribution in [-0.4, -0.2) is 10.9 Å². The third-order valence-corrected chi connectivity index (χ3v) is 3.22. The Hall–Kier alpha value is -0.700. The Balaban J connectivity index is 0.00000289. The van der Waals surface area contributed by atoms with Crippen LogP contribution < -0.4 is 0 Å². The van der Waals surface area contributed by atoms with Crippen LogP contribution in [0.25, 0.3) is 0 Å². The Morgan fingerprint density at radius 3 is 2.50 bits per heavy atom. The van der Waals surface area contributed by atoms with E-state index < -0.39 is 0 Å². The number of oxime groups is 1. The first-order chi connectivity index (χ1) is 8.04. The van der Waals surface area contributed by atoms with E-state index in [1.807, 2.05) is 19.1 Å². The highest BCUT2D eigenvalue weighted by molar-refractivity contribution is 6.42. The molecule has 0 bridgehead atoms. The van der Waals surface area contributed by atoms with Crippen molar-refractivity contribution >= 4 is 41.3 Å². The number of allylic oxidation sites excluding steroid dienone is 1. The maximum absolute atomic E-state index is 8.76. The molecule has 0 aromatic heterocycles. The second-order valence-corrected chi connectivity index (χ2v) is 4.74. The van der Waals surface area contributed by atoms with Gasteiger partial charge in [-0.25, -0.2) is 0 Å². The van der Waals surface area contributed by atoms with Gasteiger partial charge in [0.05, 0.1) is 15.8 Å². The van der Waals surface area contributed by atoms with E-state index in [0.717, 1.165) is 24.0 Å². The van der Waals surface area contributed by atoms with Crippen LogP contribution in [0, 0.1) is 0 Å². The molecule has 0 heterocycles. The van der Waals surface area contributed by atoms with Gasteiger partial charge in [-0.1, -0.05) is 41.0 Å². The Labute approximate surface area is 124 Å². The highest BCUT2D eigenvalue weighted by atomic mass is 35.5. The predicted molar refractivity (Wildman–Crippen MR) is 80.7 cm³/mol. The summed E-state index contributed by atoms with van der Waals surface area (Å²) in [5, 5.41) is 13.1. The van der Waals surface area contributed by atoms with Gasteiger partial charge in [0.1, 0.15) is 0 Å². The first kappa shape index (κ1) is 17.3. The molecule has 0 saturated carbocycles. The lowest BCUT2D eigenvalue weighted by molar-refractivity contribution is 0.317. The number of hydrogen-bond donors (Lipinski definition) is 1. The van der Waals surface area contributed by atoms with Crippen LogP contribution in [0.4, 0.5) is 0 Å². The second kappa shape index (κ2) is 8.41. The van der Waals surface area contributed by atoms with E-state index in [1.54, 1.807) is 6.07 Å². The molecule has 0 aliphatic heterocycles. The van der Waals surface area contributed by atoms with Crippen molar-refractivity contribution in [3.63, 3.8) is 0 Å². The highest BCUT2D eigenvalue weighted by Crippen LogP contribution is 2.23. The number of aryl methyl sites for hydroxylation is 1. The fourth-order valence-corrected chi connectivity index (χ4v) is 1.82. The fraction of sp³-hybridized carbons (Fsp3) is 0.308. The minimum Gasteiger partial charge on any atom is -0.411 e. The maximum atomic E-state index is 8.76. The molecule has 100 valence electrons. The average Bonchev–Trinajstić information content (AvgIpc) is 2.28. The summed E-state index contributed by atoms with van der Waals surface area (Å²) in [4.78, 5) is 0. The number of halogens is 3. The molecule has 0 unspecified atom stereocenters. The molecule has 0 radical (unpaired) electrons. The molecular formula is C13H16Cl3NO. The van der Waals surface area contributed by atoms with E-state index in [2.05, 4.69) is 11.7 Å². The van der Waals surface area contributed by atoms with Gasteiger partial charge in [-0.15, -0.1) is 12.4 Å². The lowest BCUT2D eigenvalue weighted by atomic mass is 10.0. The van der Waals surface area contributed by atoms with E-state index in [1.165, 1.54) is 0 Å². The van der Waals surface area contributed by atoms with E-state index in [9.17, 15) is 0 Å². The van der Waals surface area contributed by atoms with Gasteiger partial charge in [0, 0.05) is 0 Å². The fourth-order valence-electron chi connectivity index (χ4n) is 1.50. The quantitative estimate of drug-likeness (QED) is 0.456. The summed E-state index contributed by atoms with van der Waals surface area (Å²) in [5.41, 5.74) is 2.56. The molecular weight excluding hydrogens is 293 g/mol. The maximum Gasteiger partial charge on any atom is 0.0818 e. The molecule has 5 heteroatoms. The lowest BCUT2D eigenvalue weighted by Crippen LogP contribution is -2.00. The van der Waals surface area contributed by atoms with Gasteiger partial charge in [0.25, 0.3) is 0 Å². The van der Waals surface area contributed by atoms with Crippen molar-refractivity contribution < 1.29 is 5.21 Å². The SMILES string of the molecule is C=C(C)C(CCCc1ccc(Cl)c(Cl)c1)=NO.Cl. The van der Waals surface area contributed by atoms with Gasteiger partial charge in [-0.3, -0.25) is 0 Å². The Kier molecular flexibility index (Phi) is 8.08. The normalized spacial score (nSPS) is 10.9. The van der Waals surface area contributed by atoms with E-state index in [4.69, 9.17) is 28.4 Å². The summed E-state index contributed by atoms with van der Waals surface area (Å²) in [6.07, 6.45) is 2.44. The molecule has 1 N–H and O–H groups in total. The topological polar surface area (TPSA) is 32.6 Å². The van der Waals surface area contributed by atoms with Crippen molar-refractivity contribution in [2.75, 3.05) is 0 Å². The number of benzene rings is 1. The van der Waals surface area contributed by atoms with Crippen molar-refractivity contribution in [2.45, 2.75) is 26.2 Å². The van der Waals surface area contributed by atoms with Gasteiger partial charge in [-0.05, 0) is 49.5 Å². The zero-order chi connectivity index (χ0) is 12.8. The van der Waals surface area contributed by atoms with Crippen molar-refractivity contribution in [3.05, 3.63) is 46.0 Å². The second-order valence-electron chi connectivity index (χ2n) is 3.93. The average molecular weight is 309 g/mol. The number of nitrogens with zero attached hydrogens (tertiary/aromatic N) is 1. The Morgan fingerprint density at radius 1 is 1.33 bits per heavy atom. The Bertz CT molecular complexity index is 444. The van der Waals surface area contributed by atoms with E-state index in [-0.39, 0.29) is 12.4 Å². The summed E-state index contributed by atoms with van der Waals surface area (Å²) >= 11 is 11.8. The molecule has 1 aromatic carbocycles. The van der Waals surface area contributed by atoms with Crippen LogP contribution in [0.2, 0.25) is 10.0 Å².